The topological polar surface area (TPSA) is 183 Å². The van der Waals surface area contributed by atoms with E-state index in [0.29, 0.717) is 17.9 Å². The van der Waals surface area contributed by atoms with Crippen LogP contribution in [0.15, 0.2) is 4.21 Å². The van der Waals surface area contributed by atoms with Crippen LogP contribution in [0.25, 0.3) is 0 Å². The van der Waals surface area contributed by atoms with Crippen LogP contribution in [0.4, 0.5) is 4.79 Å². The summed E-state index contributed by atoms with van der Waals surface area (Å²) in [4.78, 5) is 58.8. The molecule has 1 heterocycles. The number of carbonyl (C=O) groups excluding carboxylic acids is 5. The van der Waals surface area contributed by atoms with Gasteiger partial charge in [0.15, 0.2) is 10.8 Å². The maximum Gasteiger partial charge on any atom is 0.348 e. The molecule has 0 radical (unpaired) electrons. The van der Waals surface area contributed by atoms with Crippen LogP contribution in [-0.2, 0) is 33.8 Å². The number of ether oxygens (including phenoxy) is 3. The number of carbonyl (C=O) groups is 5. The Morgan fingerprint density at radius 1 is 1.03 bits per heavy atom. The molecule has 13 nitrogen and oxygen atoms in total. The first kappa shape index (κ1) is 28.0. The molecule has 0 aliphatic carbocycles. The Labute approximate surface area is 194 Å². The summed E-state index contributed by atoms with van der Waals surface area (Å²) < 4.78 is 40.5. The second-order valence-corrected chi connectivity index (χ2v) is 9.82. The van der Waals surface area contributed by atoms with Crippen molar-refractivity contribution in [1.82, 2.24) is 15.4 Å². The van der Waals surface area contributed by atoms with Crippen molar-refractivity contribution in [2.45, 2.75) is 25.0 Å². The lowest BCUT2D eigenvalue weighted by Gasteiger charge is -2.09. The number of esters is 3. The summed E-state index contributed by atoms with van der Waals surface area (Å²) in [5.74, 6) is -3.75. The molecule has 184 valence electrons. The lowest BCUT2D eigenvalue weighted by molar-refractivity contribution is -0.147. The summed E-state index contributed by atoms with van der Waals surface area (Å²) in [6.45, 7) is 3.67. The monoisotopic (exact) mass is 507 g/mol. The number of imide groups is 1. The van der Waals surface area contributed by atoms with Crippen molar-refractivity contribution in [3.8, 4) is 0 Å². The molecule has 0 atom stereocenters. The number of hydrogen-bond donors (Lipinski definition) is 3. The number of rotatable bonds is 10. The van der Waals surface area contributed by atoms with Crippen molar-refractivity contribution in [1.29, 1.82) is 0 Å². The molecule has 0 aromatic carbocycles. The molecule has 0 bridgehead atoms. The van der Waals surface area contributed by atoms with E-state index in [4.69, 9.17) is 0 Å². The van der Waals surface area contributed by atoms with Crippen molar-refractivity contribution in [2.75, 3.05) is 33.9 Å². The van der Waals surface area contributed by atoms with Gasteiger partial charge in [-0.25, -0.2) is 22.8 Å². The van der Waals surface area contributed by atoms with Gasteiger partial charge in [0.25, 0.3) is 15.9 Å². The average Bonchev–Trinajstić information content (AvgIpc) is 3.11. The fourth-order valence-electron chi connectivity index (χ4n) is 2.22. The predicted molar refractivity (Wildman–Crippen MR) is 114 cm³/mol. The number of amides is 3. The molecule has 0 unspecified atom stereocenters. The maximum absolute atomic E-state index is 12.7. The first-order chi connectivity index (χ1) is 15.3. The van der Waals surface area contributed by atoms with E-state index >= 15 is 0 Å². The highest BCUT2D eigenvalue weighted by molar-refractivity contribution is 7.91. The van der Waals surface area contributed by atoms with E-state index in [1.165, 1.54) is 6.92 Å². The normalized spacial score (nSPS) is 11.0. The van der Waals surface area contributed by atoms with Crippen LogP contribution < -0.4 is 15.4 Å². The number of hydrogen-bond acceptors (Lipinski definition) is 11. The molecule has 15 heteroatoms. The second-order valence-electron chi connectivity index (χ2n) is 6.84. The minimum atomic E-state index is -4.46. The lowest BCUT2D eigenvalue weighted by atomic mass is 10.2. The molecule has 0 saturated heterocycles. The van der Waals surface area contributed by atoms with Crippen LogP contribution >= 0.6 is 11.3 Å². The van der Waals surface area contributed by atoms with Crippen molar-refractivity contribution in [3.63, 3.8) is 0 Å². The van der Waals surface area contributed by atoms with Crippen molar-refractivity contribution in [3.05, 3.63) is 16.0 Å². The summed E-state index contributed by atoms with van der Waals surface area (Å²) in [6, 6.07) is -0.768. The van der Waals surface area contributed by atoms with Crippen molar-refractivity contribution < 1.29 is 46.6 Å². The SMILES string of the molecule is COC(=O)c1sc(S(=O)(=O)NCC(=O)OCC(=O)NC(=O)NCC(C)C)c(C(=O)OC)c1C. The van der Waals surface area contributed by atoms with E-state index in [1.54, 1.807) is 0 Å². The highest BCUT2D eigenvalue weighted by Crippen LogP contribution is 2.33. The third-order valence-corrected chi connectivity index (χ3v) is 7.00. The van der Waals surface area contributed by atoms with Gasteiger partial charge >= 0.3 is 23.9 Å². The zero-order valence-corrected chi connectivity index (χ0v) is 20.2. The molecule has 1 aromatic rings. The highest BCUT2D eigenvalue weighted by atomic mass is 32.2. The number of urea groups is 1. The molecular weight excluding hydrogens is 482 g/mol. The molecule has 0 spiro atoms. The number of sulfonamides is 1. The van der Waals surface area contributed by atoms with E-state index in [2.05, 4.69) is 19.5 Å². The van der Waals surface area contributed by atoms with Gasteiger partial charge in [-0.05, 0) is 18.4 Å². The third kappa shape index (κ3) is 8.11. The average molecular weight is 508 g/mol. The third-order valence-electron chi connectivity index (χ3n) is 3.81. The van der Waals surface area contributed by atoms with Crippen molar-refractivity contribution in [2.24, 2.45) is 5.92 Å². The Kier molecular flexibility index (Phi) is 10.4. The summed E-state index contributed by atoms with van der Waals surface area (Å²) in [5.41, 5.74) is -0.343. The Hall–Kier alpha value is -3.04. The zero-order valence-electron chi connectivity index (χ0n) is 18.6. The maximum atomic E-state index is 12.7. The van der Waals surface area contributed by atoms with Gasteiger partial charge in [0.2, 0.25) is 0 Å². The van der Waals surface area contributed by atoms with Gasteiger partial charge in [0, 0.05) is 6.54 Å². The van der Waals surface area contributed by atoms with Gasteiger partial charge in [0.05, 0.1) is 19.8 Å². The molecule has 3 N–H and O–H groups in total. The Balaban J connectivity index is 2.80. The molecule has 1 aromatic heterocycles. The summed E-state index contributed by atoms with van der Waals surface area (Å²) >= 11 is 0.466. The van der Waals surface area contributed by atoms with E-state index in [0.717, 1.165) is 14.2 Å². The second kappa shape index (κ2) is 12.3. The number of methoxy groups -OCH3 is 2. The largest absolute Gasteiger partial charge is 0.465 e. The Morgan fingerprint density at radius 3 is 2.18 bits per heavy atom. The minimum absolute atomic E-state index is 0.0362. The van der Waals surface area contributed by atoms with Gasteiger partial charge in [-0.1, -0.05) is 13.8 Å². The molecule has 0 aliphatic heterocycles. The quantitative estimate of drug-likeness (QED) is 0.286. The van der Waals surface area contributed by atoms with Crippen LogP contribution in [0, 0.1) is 12.8 Å². The first-order valence-electron chi connectivity index (χ1n) is 9.37. The Bertz CT molecular complexity index is 1030. The first-order valence-corrected chi connectivity index (χ1v) is 11.7. The summed E-state index contributed by atoms with van der Waals surface area (Å²) in [6.07, 6.45) is 0. The summed E-state index contributed by atoms with van der Waals surface area (Å²) in [7, 11) is -2.34. The molecule has 0 saturated carbocycles. The zero-order chi connectivity index (χ0) is 25.3. The summed E-state index contributed by atoms with van der Waals surface area (Å²) in [5, 5.41) is 4.37. The van der Waals surface area contributed by atoms with E-state index in [-0.39, 0.29) is 21.9 Å². The van der Waals surface area contributed by atoms with Gasteiger partial charge in [0.1, 0.15) is 11.4 Å². The lowest BCUT2D eigenvalue weighted by Crippen LogP contribution is -2.43. The van der Waals surface area contributed by atoms with Gasteiger partial charge in [-0.15, -0.1) is 11.3 Å². The van der Waals surface area contributed by atoms with Crippen LogP contribution in [0.3, 0.4) is 0 Å². The van der Waals surface area contributed by atoms with Crippen LogP contribution in [-0.4, -0.2) is 72.2 Å². The van der Waals surface area contributed by atoms with E-state index in [9.17, 15) is 32.4 Å². The molecule has 1 rings (SSSR count). The predicted octanol–water partition coefficient (Wildman–Crippen LogP) is -0.0670. The van der Waals surface area contributed by atoms with Crippen LogP contribution in [0.2, 0.25) is 0 Å². The fourth-order valence-corrected chi connectivity index (χ4v) is 4.98. The van der Waals surface area contributed by atoms with E-state index < -0.39 is 57.2 Å². The van der Waals surface area contributed by atoms with Gasteiger partial charge < -0.3 is 19.5 Å². The molecular formula is C18H25N3O10S2. The van der Waals surface area contributed by atoms with Crippen LogP contribution in [0.1, 0.15) is 39.4 Å². The van der Waals surface area contributed by atoms with Crippen molar-refractivity contribution >= 4 is 51.2 Å². The standard InChI is InChI=1S/C18H25N3O10S2/c1-9(2)6-19-18(26)21-11(22)8-31-12(23)7-20-33(27,28)17-13(15(24)29-4)10(3)14(32-17)16(25)30-5/h9,20H,6-8H2,1-5H3,(H2,19,21,22,26). The molecule has 0 aliphatic rings. The highest BCUT2D eigenvalue weighted by Gasteiger charge is 2.33. The molecule has 33 heavy (non-hydrogen) atoms. The fraction of sp³-hybridized carbons (Fsp3) is 0.500. The minimum Gasteiger partial charge on any atom is -0.465 e. The molecule has 0 fully saturated rings. The number of nitrogens with one attached hydrogen (secondary N) is 3. The van der Waals surface area contributed by atoms with Crippen LogP contribution in [0.5, 0.6) is 0 Å². The molecule has 3 amide bonds. The Morgan fingerprint density at radius 2 is 1.64 bits per heavy atom. The smallest absolute Gasteiger partial charge is 0.348 e. The van der Waals surface area contributed by atoms with Gasteiger partial charge in [-0.2, -0.15) is 4.72 Å². The van der Waals surface area contributed by atoms with Gasteiger partial charge in [-0.3, -0.25) is 14.9 Å². The number of thiophene rings is 1. The van der Waals surface area contributed by atoms with E-state index in [1.807, 2.05) is 23.9 Å².